The van der Waals surface area contributed by atoms with Crippen LogP contribution in [0.2, 0.25) is 0 Å². The standard InChI is InChI=1S/C15H12BrNO2S2/c1-3-7-19-12-6-5-11(16)8-10(12)9-13-14(18)17(4-2)15(20)21-13/h1,5-6,8-9H,4,7H2,2H3/b13-9-. The Morgan fingerprint density at radius 3 is 2.95 bits per heavy atom. The highest BCUT2D eigenvalue weighted by atomic mass is 79.9. The molecule has 1 aliphatic heterocycles. The number of rotatable bonds is 4. The van der Waals surface area contributed by atoms with Gasteiger partial charge in [0.25, 0.3) is 5.91 Å². The molecule has 1 aromatic carbocycles. The number of halogens is 1. The molecule has 1 saturated heterocycles. The lowest BCUT2D eigenvalue weighted by molar-refractivity contribution is -0.121. The molecule has 108 valence electrons. The largest absolute Gasteiger partial charge is 0.480 e. The van der Waals surface area contributed by atoms with E-state index in [-0.39, 0.29) is 12.5 Å². The van der Waals surface area contributed by atoms with Crippen molar-refractivity contribution in [3.63, 3.8) is 0 Å². The molecule has 2 rings (SSSR count). The molecule has 1 aromatic rings. The fourth-order valence-electron chi connectivity index (χ4n) is 1.80. The molecule has 0 bridgehead atoms. The van der Waals surface area contributed by atoms with Gasteiger partial charge in [-0.2, -0.15) is 0 Å². The van der Waals surface area contributed by atoms with E-state index in [2.05, 4.69) is 21.9 Å². The van der Waals surface area contributed by atoms with Crippen LogP contribution in [-0.2, 0) is 4.79 Å². The first-order valence-electron chi connectivity index (χ1n) is 6.18. The second-order valence-corrected chi connectivity index (χ2v) is 6.69. The summed E-state index contributed by atoms with van der Waals surface area (Å²) in [4.78, 5) is 14.4. The normalized spacial score (nSPS) is 16.4. The van der Waals surface area contributed by atoms with Crippen molar-refractivity contribution in [3.8, 4) is 18.1 Å². The average Bonchev–Trinajstić information content (AvgIpc) is 2.72. The minimum absolute atomic E-state index is 0.0737. The van der Waals surface area contributed by atoms with Crippen LogP contribution in [0.1, 0.15) is 12.5 Å². The van der Waals surface area contributed by atoms with E-state index >= 15 is 0 Å². The summed E-state index contributed by atoms with van der Waals surface area (Å²) < 4.78 is 6.97. The van der Waals surface area contributed by atoms with Gasteiger partial charge in [0.2, 0.25) is 0 Å². The Hall–Kier alpha value is -1.29. The number of amides is 1. The molecule has 0 spiro atoms. The van der Waals surface area contributed by atoms with E-state index in [0.29, 0.717) is 21.5 Å². The third kappa shape index (κ3) is 3.67. The van der Waals surface area contributed by atoms with Crippen molar-refractivity contribution in [1.29, 1.82) is 0 Å². The lowest BCUT2D eigenvalue weighted by Gasteiger charge is -2.10. The summed E-state index contributed by atoms with van der Waals surface area (Å²) in [5.74, 6) is 2.99. The zero-order valence-electron chi connectivity index (χ0n) is 11.3. The Balaban J connectivity index is 2.36. The SMILES string of the molecule is C#CCOc1ccc(Br)cc1/C=C1\SC(=S)N(CC)C1=O. The van der Waals surface area contributed by atoms with Crippen molar-refractivity contribution in [3.05, 3.63) is 33.1 Å². The Bertz CT molecular complexity index is 664. The van der Waals surface area contributed by atoms with E-state index in [1.807, 2.05) is 25.1 Å². The molecule has 0 aliphatic carbocycles. The van der Waals surface area contributed by atoms with E-state index < -0.39 is 0 Å². The number of carbonyl (C=O) groups is 1. The summed E-state index contributed by atoms with van der Waals surface area (Å²) in [5, 5.41) is 0. The van der Waals surface area contributed by atoms with Gasteiger partial charge in [-0.05, 0) is 31.2 Å². The molecule has 21 heavy (non-hydrogen) atoms. The van der Waals surface area contributed by atoms with Crippen LogP contribution < -0.4 is 4.74 Å². The lowest BCUT2D eigenvalue weighted by atomic mass is 10.2. The zero-order valence-corrected chi connectivity index (χ0v) is 14.5. The van der Waals surface area contributed by atoms with E-state index in [1.165, 1.54) is 11.8 Å². The molecule has 0 unspecified atom stereocenters. The molecule has 0 aromatic heterocycles. The second-order valence-electron chi connectivity index (χ2n) is 4.10. The summed E-state index contributed by atoms with van der Waals surface area (Å²) in [6, 6.07) is 5.55. The van der Waals surface area contributed by atoms with Gasteiger partial charge >= 0.3 is 0 Å². The molecular weight excluding hydrogens is 370 g/mol. The van der Waals surface area contributed by atoms with E-state index in [1.54, 1.807) is 11.0 Å². The van der Waals surface area contributed by atoms with Crippen molar-refractivity contribution in [1.82, 2.24) is 4.90 Å². The summed E-state index contributed by atoms with van der Waals surface area (Å²) in [6.45, 7) is 2.65. The minimum Gasteiger partial charge on any atom is -0.480 e. The van der Waals surface area contributed by atoms with Crippen molar-refractivity contribution in [2.24, 2.45) is 0 Å². The number of ether oxygens (including phenoxy) is 1. The van der Waals surface area contributed by atoms with Crippen LogP contribution in [0.25, 0.3) is 6.08 Å². The van der Waals surface area contributed by atoms with E-state index in [9.17, 15) is 4.79 Å². The predicted molar refractivity (Wildman–Crippen MR) is 94.0 cm³/mol. The van der Waals surface area contributed by atoms with Gasteiger partial charge in [0.1, 0.15) is 16.7 Å². The Morgan fingerprint density at radius 2 is 2.33 bits per heavy atom. The first kappa shape index (κ1) is 16.1. The van der Waals surface area contributed by atoms with Gasteiger partial charge in [0.15, 0.2) is 0 Å². The van der Waals surface area contributed by atoms with Gasteiger partial charge in [-0.25, -0.2) is 0 Å². The van der Waals surface area contributed by atoms with Crippen molar-refractivity contribution >= 4 is 56.2 Å². The summed E-state index contributed by atoms with van der Waals surface area (Å²) in [6.07, 6.45) is 7.00. The van der Waals surface area contributed by atoms with E-state index in [0.717, 1.165) is 10.0 Å². The molecule has 0 saturated carbocycles. The second kappa shape index (κ2) is 7.12. The van der Waals surface area contributed by atoms with Crippen LogP contribution in [0.15, 0.2) is 27.6 Å². The van der Waals surface area contributed by atoms with Gasteiger partial charge in [0, 0.05) is 16.6 Å². The average molecular weight is 382 g/mol. The molecule has 3 nitrogen and oxygen atoms in total. The van der Waals surface area contributed by atoms with Crippen LogP contribution in [0, 0.1) is 12.3 Å². The van der Waals surface area contributed by atoms with Gasteiger partial charge in [0.05, 0.1) is 4.91 Å². The number of hydrogen-bond donors (Lipinski definition) is 0. The van der Waals surface area contributed by atoms with Crippen LogP contribution in [0.3, 0.4) is 0 Å². The Morgan fingerprint density at radius 1 is 1.57 bits per heavy atom. The fourth-order valence-corrected chi connectivity index (χ4v) is 3.55. The quantitative estimate of drug-likeness (QED) is 0.452. The topological polar surface area (TPSA) is 29.5 Å². The Labute approximate surface area is 141 Å². The molecule has 6 heteroatoms. The summed E-state index contributed by atoms with van der Waals surface area (Å²) in [5.41, 5.74) is 0.788. The highest BCUT2D eigenvalue weighted by Crippen LogP contribution is 2.34. The molecule has 1 amide bonds. The van der Waals surface area contributed by atoms with Crippen LogP contribution >= 0.6 is 39.9 Å². The van der Waals surface area contributed by atoms with Gasteiger partial charge in [-0.1, -0.05) is 45.8 Å². The maximum atomic E-state index is 12.2. The van der Waals surface area contributed by atoms with E-state index in [4.69, 9.17) is 23.4 Å². The minimum atomic E-state index is -0.0737. The molecule has 1 aliphatic rings. The molecular formula is C15H12BrNO2S2. The molecule has 1 fully saturated rings. The predicted octanol–water partition coefficient (Wildman–Crippen LogP) is 3.68. The first-order valence-corrected chi connectivity index (χ1v) is 8.19. The maximum Gasteiger partial charge on any atom is 0.266 e. The van der Waals surface area contributed by atoms with Crippen LogP contribution in [0.5, 0.6) is 5.75 Å². The third-order valence-electron chi connectivity index (χ3n) is 2.76. The number of benzene rings is 1. The number of thiocarbonyl (C=S) groups is 1. The van der Waals surface area contributed by atoms with Crippen molar-refractivity contribution in [2.75, 3.05) is 13.2 Å². The summed E-state index contributed by atoms with van der Waals surface area (Å²) >= 11 is 9.91. The number of terminal acetylenes is 1. The Kier molecular flexibility index (Phi) is 5.45. The highest BCUT2D eigenvalue weighted by molar-refractivity contribution is 9.10. The summed E-state index contributed by atoms with van der Waals surface area (Å²) in [7, 11) is 0. The third-order valence-corrected chi connectivity index (χ3v) is 4.63. The zero-order chi connectivity index (χ0) is 15.4. The molecule has 0 atom stereocenters. The number of thioether (sulfide) groups is 1. The van der Waals surface area contributed by atoms with Gasteiger partial charge < -0.3 is 4.74 Å². The van der Waals surface area contributed by atoms with Crippen LogP contribution in [-0.4, -0.2) is 28.3 Å². The molecule has 0 radical (unpaired) electrons. The molecule has 0 N–H and O–H groups in total. The number of hydrogen-bond acceptors (Lipinski definition) is 4. The van der Waals surface area contributed by atoms with Crippen LogP contribution in [0.4, 0.5) is 0 Å². The number of likely N-dealkylation sites (N-methyl/N-ethyl adjacent to an activating group) is 1. The fraction of sp³-hybridized carbons (Fsp3) is 0.200. The smallest absolute Gasteiger partial charge is 0.266 e. The van der Waals surface area contributed by atoms with Gasteiger partial charge in [-0.3, -0.25) is 9.69 Å². The maximum absolute atomic E-state index is 12.2. The monoisotopic (exact) mass is 381 g/mol. The van der Waals surface area contributed by atoms with Gasteiger partial charge in [-0.15, -0.1) is 6.42 Å². The number of carbonyl (C=O) groups excluding carboxylic acids is 1. The van der Waals surface area contributed by atoms with Crippen molar-refractivity contribution < 1.29 is 9.53 Å². The first-order chi connectivity index (χ1) is 10.1. The van der Waals surface area contributed by atoms with Crippen molar-refractivity contribution in [2.45, 2.75) is 6.92 Å². The lowest BCUT2D eigenvalue weighted by Crippen LogP contribution is -2.27. The molecule has 1 heterocycles. The number of nitrogens with zero attached hydrogens (tertiary/aromatic N) is 1. The highest BCUT2D eigenvalue weighted by Gasteiger charge is 2.30.